The van der Waals surface area contributed by atoms with Crippen molar-refractivity contribution >= 4 is 27.8 Å². The highest BCUT2D eigenvalue weighted by molar-refractivity contribution is 7.90. The Morgan fingerprint density at radius 1 is 1.11 bits per heavy atom. The number of ether oxygens (including phenoxy) is 3. The molecule has 1 aliphatic rings. The third-order valence-corrected chi connectivity index (χ3v) is 9.74. The Bertz CT molecular complexity index is 1380. The lowest BCUT2D eigenvalue weighted by atomic mass is 9.82. The highest BCUT2D eigenvalue weighted by Gasteiger charge is 2.35. The summed E-state index contributed by atoms with van der Waals surface area (Å²) >= 11 is 0. The van der Waals surface area contributed by atoms with Crippen molar-refractivity contribution in [1.29, 1.82) is 0 Å². The van der Waals surface area contributed by atoms with Gasteiger partial charge in [0.2, 0.25) is 5.91 Å². The van der Waals surface area contributed by atoms with Gasteiger partial charge in [-0.15, -0.1) is 0 Å². The number of benzene rings is 1. The van der Waals surface area contributed by atoms with Crippen LogP contribution in [0.1, 0.15) is 76.5 Å². The van der Waals surface area contributed by atoms with Crippen molar-refractivity contribution in [3.05, 3.63) is 48.0 Å². The van der Waals surface area contributed by atoms with Crippen molar-refractivity contribution in [1.82, 2.24) is 19.6 Å². The first kappa shape index (κ1) is 36.3. The summed E-state index contributed by atoms with van der Waals surface area (Å²) in [5.74, 6) is -2.72. The second-order valence-corrected chi connectivity index (χ2v) is 13.4. The molecule has 14 heteroatoms. The van der Waals surface area contributed by atoms with Crippen LogP contribution in [0.15, 0.2) is 41.7 Å². The van der Waals surface area contributed by atoms with E-state index in [9.17, 15) is 27.9 Å². The second-order valence-electron chi connectivity index (χ2n) is 11.6. The Morgan fingerprint density at radius 2 is 1.76 bits per heavy atom. The number of Topliss-reactive ketones (excluding diaryl/α,β-unsaturated/α-hetero) is 1. The largest absolute Gasteiger partial charge is 0.418 e. The lowest BCUT2D eigenvalue weighted by Gasteiger charge is -2.32. The molecule has 0 radical (unpaired) electrons. The minimum atomic E-state index is -3.96. The maximum atomic E-state index is 13.5. The summed E-state index contributed by atoms with van der Waals surface area (Å²) in [5.41, 5.74) is 1.12. The molecule has 3 rings (SSSR count). The number of carbonyl (C=O) groups is 3. The monoisotopic (exact) mass is 650 g/mol. The number of aliphatic hydroxyl groups excluding tert-OH is 1. The van der Waals surface area contributed by atoms with Crippen LogP contribution >= 0.6 is 0 Å². The number of nitrogens with one attached hydrogen (secondary N) is 2. The molecule has 1 heterocycles. The van der Waals surface area contributed by atoms with Crippen LogP contribution in [0.5, 0.6) is 0 Å². The first-order chi connectivity index (χ1) is 21.3. The number of hydrogen-bond donors (Lipinski definition) is 3. The lowest BCUT2D eigenvalue weighted by Crippen LogP contribution is -2.56. The van der Waals surface area contributed by atoms with Gasteiger partial charge in [-0.3, -0.25) is 20.2 Å². The highest BCUT2D eigenvalue weighted by Crippen LogP contribution is 2.29. The SMILES string of the molecule is CCCC(=O)C(O)[C@H](CC1CCCCC1)N[C@@H](Cc1cn(S(=O)(=O)c2ccc(C)cc2)cn1)C(=O)NC(=O)OC(C)(OC)OC. The molecule has 13 nitrogen and oxygen atoms in total. The van der Waals surface area contributed by atoms with Gasteiger partial charge in [0.05, 0.1) is 16.6 Å². The second kappa shape index (κ2) is 16.4. The summed E-state index contributed by atoms with van der Waals surface area (Å²) in [6, 6.07) is 4.34. The summed E-state index contributed by atoms with van der Waals surface area (Å²) in [4.78, 5) is 43.3. The number of methoxy groups -OCH3 is 2. The van der Waals surface area contributed by atoms with Crippen LogP contribution < -0.4 is 10.6 Å². The zero-order chi connectivity index (χ0) is 33.2. The van der Waals surface area contributed by atoms with E-state index in [1.165, 1.54) is 39.5 Å². The maximum absolute atomic E-state index is 13.5. The van der Waals surface area contributed by atoms with E-state index in [1.54, 1.807) is 12.1 Å². The maximum Gasteiger partial charge on any atom is 0.418 e. The Morgan fingerprint density at radius 3 is 2.36 bits per heavy atom. The van der Waals surface area contributed by atoms with Crippen molar-refractivity contribution in [2.45, 2.75) is 108 Å². The van der Waals surface area contributed by atoms with Gasteiger partial charge in [0.15, 0.2) is 5.78 Å². The van der Waals surface area contributed by atoms with E-state index in [0.717, 1.165) is 48.0 Å². The summed E-state index contributed by atoms with van der Waals surface area (Å²) in [6.45, 7) is 5.02. The molecule has 1 fully saturated rings. The van der Waals surface area contributed by atoms with E-state index in [1.807, 2.05) is 13.8 Å². The Labute approximate surface area is 265 Å². The smallest absolute Gasteiger partial charge is 0.391 e. The molecule has 3 N–H and O–H groups in total. The Balaban J connectivity index is 1.90. The van der Waals surface area contributed by atoms with Crippen LogP contribution in [-0.4, -0.2) is 78.6 Å². The fourth-order valence-electron chi connectivity index (χ4n) is 5.35. The van der Waals surface area contributed by atoms with Crippen molar-refractivity contribution in [3.8, 4) is 0 Å². The van der Waals surface area contributed by atoms with E-state index >= 15 is 0 Å². The summed E-state index contributed by atoms with van der Waals surface area (Å²) in [6.07, 6.45) is 5.93. The van der Waals surface area contributed by atoms with E-state index in [-0.39, 0.29) is 35.1 Å². The molecule has 1 saturated carbocycles. The molecule has 0 saturated heterocycles. The van der Waals surface area contributed by atoms with Crippen LogP contribution in [0.4, 0.5) is 4.79 Å². The number of nitrogens with zero attached hydrogens (tertiary/aromatic N) is 2. The quantitative estimate of drug-likeness (QED) is 0.228. The molecular formula is C31H46N4O9S. The first-order valence-corrected chi connectivity index (χ1v) is 16.7. The standard InChI is InChI=1S/C31H46N4O9S/c1-6-10-27(36)28(37)25(17-22-11-8-7-9-12-22)33-26(29(38)34-30(39)44-31(3,42-4)43-5)18-23-19-35(20-32-23)45(40,41)24-15-13-21(2)14-16-24/h13-16,19-20,22,25-26,28,33,37H,6-12,17-18H2,1-5H3,(H,34,38,39)/t25-,26-,28?/m0/s1. The number of alkyl carbamates (subject to hydrolysis) is 1. The number of aliphatic hydroxyl groups is 1. The van der Waals surface area contributed by atoms with E-state index in [0.29, 0.717) is 12.8 Å². The van der Waals surface area contributed by atoms with Gasteiger partial charge in [-0.05, 0) is 37.8 Å². The van der Waals surface area contributed by atoms with Crippen LogP contribution in [-0.2, 0) is 40.2 Å². The number of rotatable bonds is 16. The van der Waals surface area contributed by atoms with Gasteiger partial charge >= 0.3 is 12.1 Å². The fourth-order valence-corrected chi connectivity index (χ4v) is 6.50. The normalized spacial score (nSPS) is 16.5. The van der Waals surface area contributed by atoms with Gasteiger partial charge in [0, 0.05) is 46.2 Å². The third-order valence-electron chi connectivity index (χ3n) is 8.12. The zero-order valence-electron chi connectivity index (χ0n) is 26.7. The fraction of sp³-hybridized carbons (Fsp3) is 0.613. The number of ketones is 1. The van der Waals surface area contributed by atoms with Crippen LogP contribution in [0.3, 0.4) is 0 Å². The number of aromatic nitrogens is 2. The molecule has 0 aliphatic heterocycles. The molecule has 1 aromatic carbocycles. The molecule has 0 spiro atoms. The summed E-state index contributed by atoms with van der Waals surface area (Å²) < 4.78 is 42.6. The van der Waals surface area contributed by atoms with Gasteiger partial charge in [-0.2, -0.15) is 0 Å². The van der Waals surface area contributed by atoms with Crippen molar-refractivity contribution < 1.29 is 42.1 Å². The predicted octanol–water partition coefficient (Wildman–Crippen LogP) is 3.22. The van der Waals surface area contributed by atoms with E-state index in [2.05, 4.69) is 15.6 Å². The predicted molar refractivity (Wildman–Crippen MR) is 165 cm³/mol. The van der Waals surface area contributed by atoms with Crippen LogP contribution in [0.25, 0.3) is 0 Å². The first-order valence-electron chi connectivity index (χ1n) is 15.3. The van der Waals surface area contributed by atoms with Gasteiger partial charge in [-0.1, -0.05) is 56.7 Å². The molecular weight excluding hydrogens is 604 g/mol. The number of imidazole rings is 1. The molecule has 3 atom stereocenters. The van der Waals surface area contributed by atoms with Crippen molar-refractivity contribution in [3.63, 3.8) is 0 Å². The molecule has 1 aliphatic carbocycles. The average molecular weight is 651 g/mol. The number of aryl methyl sites for hydroxylation is 1. The number of hydrogen-bond acceptors (Lipinski definition) is 11. The molecule has 45 heavy (non-hydrogen) atoms. The minimum Gasteiger partial charge on any atom is -0.391 e. The van der Waals surface area contributed by atoms with E-state index in [4.69, 9.17) is 14.2 Å². The molecule has 2 aromatic rings. The minimum absolute atomic E-state index is 0.0663. The zero-order valence-corrected chi connectivity index (χ0v) is 27.5. The molecule has 0 bridgehead atoms. The molecule has 1 aromatic heterocycles. The summed E-state index contributed by atoms with van der Waals surface area (Å²) in [5, 5.41) is 16.4. The van der Waals surface area contributed by atoms with E-state index < -0.39 is 46.2 Å². The average Bonchev–Trinajstić information content (AvgIpc) is 3.50. The van der Waals surface area contributed by atoms with Crippen molar-refractivity contribution in [2.75, 3.05) is 14.2 Å². The van der Waals surface area contributed by atoms with Gasteiger partial charge in [-0.25, -0.2) is 22.2 Å². The number of carbonyl (C=O) groups excluding carboxylic acids is 3. The van der Waals surface area contributed by atoms with Crippen LogP contribution in [0.2, 0.25) is 0 Å². The van der Waals surface area contributed by atoms with Gasteiger partial charge in [0.1, 0.15) is 12.4 Å². The van der Waals surface area contributed by atoms with Crippen LogP contribution in [0, 0.1) is 12.8 Å². The topological polar surface area (TPSA) is 175 Å². The van der Waals surface area contributed by atoms with Crippen molar-refractivity contribution in [2.24, 2.45) is 5.92 Å². The van der Waals surface area contributed by atoms with Gasteiger partial charge in [0.25, 0.3) is 10.0 Å². The Hall–Kier alpha value is -3.17. The Kier molecular flexibility index (Phi) is 13.2. The molecule has 1 unspecified atom stereocenters. The summed E-state index contributed by atoms with van der Waals surface area (Å²) in [7, 11) is -1.45. The highest BCUT2D eigenvalue weighted by atomic mass is 32.2. The molecule has 250 valence electrons. The van der Waals surface area contributed by atoms with Gasteiger partial charge < -0.3 is 19.3 Å². The third kappa shape index (κ3) is 10.2. The number of amides is 2. The molecule has 2 amide bonds. The number of imide groups is 1. The lowest BCUT2D eigenvalue weighted by molar-refractivity contribution is -0.322.